The first-order valence-electron chi connectivity index (χ1n) is 7.14. The highest BCUT2D eigenvalue weighted by Crippen LogP contribution is 2.27. The molecule has 0 radical (unpaired) electrons. The Morgan fingerprint density at radius 3 is 2.70 bits per heavy atom. The summed E-state index contributed by atoms with van der Waals surface area (Å²) in [6.45, 7) is 9.29. The monoisotopic (exact) mass is 347 g/mol. The maximum Gasteiger partial charge on any atom is 0.0700 e. The van der Waals surface area contributed by atoms with Gasteiger partial charge >= 0.3 is 0 Å². The van der Waals surface area contributed by atoms with E-state index in [0.717, 1.165) is 17.4 Å². The third-order valence-corrected chi connectivity index (χ3v) is 3.65. The Balaban J connectivity index is 2.67. The first-order chi connectivity index (χ1) is 9.61. The van der Waals surface area contributed by atoms with Crippen molar-refractivity contribution in [2.45, 2.75) is 39.3 Å². The van der Waals surface area contributed by atoms with Crippen LogP contribution in [-0.4, -0.2) is 43.3 Å². The van der Waals surface area contributed by atoms with Crippen LogP contribution in [-0.2, 0) is 9.47 Å². The van der Waals surface area contributed by atoms with Gasteiger partial charge in [0.05, 0.1) is 35.6 Å². The maximum atomic E-state index is 5.58. The zero-order valence-corrected chi connectivity index (χ0v) is 14.4. The van der Waals surface area contributed by atoms with Gasteiger partial charge in [-0.1, -0.05) is 6.92 Å². The van der Waals surface area contributed by atoms with Gasteiger partial charge in [-0.3, -0.25) is 4.68 Å². The summed E-state index contributed by atoms with van der Waals surface area (Å²) in [6.07, 6.45) is 2.78. The average Bonchev–Trinajstić information content (AvgIpc) is 2.79. The minimum atomic E-state index is 0.238. The highest BCUT2D eigenvalue weighted by atomic mass is 79.9. The number of hydrogen-bond donors (Lipinski definition) is 1. The van der Waals surface area contributed by atoms with Crippen LogP contribution in [0.3, 0.4) is 0 Å². The summed E-state index contributed by atoms with van der Waals surface area (Å²) in [7, 11) is 1.68. The number of ether oxygens (including phenoxy) is 2. The van der Waals surface area contributed by atoms with Crippen LogP contribution in [0.15, 0.2) is 10.7 Å². The quantitative estimate of drug-likeness (QED) is 0.661. The fourth-order valence-electron chi connectivity index (χ4n) is 2.12. The van der Waals surface area contributed by atoms with Gasteiger partial charge in [-0.15, -0.1) is 0 Å². The van der Waals surface area contributed by atoms with E-state index in [4.69, 9.17) is 9.47 Å². The van der Waals surface area contributed by atoms with Crippen molar-refractivity contribution in [1.29, 1.82) is 0 Å². The second kappa shape index (κ2) is 9.50. The van der Waals surface area contributed by atoms with Crippen molar-refractivity contribution in [2.75, 3.05) is 33.5 Å². The van der Waals surface area contributed by atoms with Crippen molar-refractivity contribution >= 4 is 15.9 Å². The van der Waals surface area contributed by atoms with Crippen LogP contribution in [0.1, 0.15) is 45.0 Å². The van der Waals surface area contributed by atoms with E-state index in [2.05, 4.69) is 51.8 Å². The van der Waals surface area contributed by atoms with E-state index in [0.29, 0.717) is 25.9 Å². The number of nitrogens with one attached hydrogen (secondary N) is 1. The lowest BCUT2D eigenvalue weighted by atomic mass is 10.1. The maximum absolute atomic E-state index is 5.58. The molecule has 0 bridgehead atoms. The predicted molar refractivity (Wildman–Crippen MR) is 84.0 cm³/mol. The van der Waals surface area contributed by atoms with Gasteiger partial charge in [0.2, 0.25) is 0 Å². The fraction of sp³-hybridized carbons (Fsp3) is 0.786. The number of halogens is 1. The Morgan fingerprint density at radius 2 is 2.10 bits per heavy atom. The Morgan fingerprint density at radius 1 is 1.35 bits per heavy atom. The van der Waals surface area contributed by atoms with Crippen LogP contribution in [0.4, 0.5) is 0 Å². The molecule has 20 heavy (non-hydrogen) atoms. The molecule has 116 valence electrons. The minimum absolute atomic E-state index is 0.238. The lowest BCUT2D eigenvalue weighted by Crippen LogP contribution is -2.26. The Hall–Kier alpha value is -0.430. The fourth-order valence-corrected chi connectivity index (χ4v) is 2.67. The molecule has 5 nitrogen and oxygen atoms in total. The molecular weight excluding hydrogens is 322 g/mol. The van der Waals surface area contributed by atoms with E-state index in [1.54, 1.807) is 7.11 Å². The molecule has 0 saturated heterocycles. The van der Waals surface area contributed by atoms with Gasteiger partial charge in [-0.25, -0.2) is 0 Å². The van der Waals surface area contributed by atoms with E-state index >= 15 is 0 Å². The molecule has 0 aromatic carbocycles. The van der Waals surface area contributed by atoms with Gasteiger partial charge in [-0.2, -0.15) is 5.10 Å². The van der Waals surface area contributed by atoms with Crippen molar-refractivity contribution in [3.63, 3.8) is 0 Å². The molecule has 0 saturated carbocycles. The standard InChI is InChI=1S/C14H26BrN3O2/c1-5-16-13(6-7-20-9-8-19-4)14-12(15)10-17-18(14)11(2)3/h10-11,13,16H,5-9H2,1-4H3. The molecular formula is C14H26BrN3O2. The van der Waals surface area contributed by atoms with Gasteiger partial charge in [0.25, 0.3) is 0 Å². The largest absolute Gasteiger partial charge is 0.382 e. The Labute approximate surface area is 130 Å². The van der Waals surface area contributed by atoms with Gasteiger partial charge in [0.15, 0.2) is 0 Å². The second-order valence-corrected chi connectivity index (χ2v) is 5.77. The highest BCUT2D eigenvalue weighted by molar-refractivity contribution is 9.10. The van der Waals surface area contributed by atoms with Gasteiger partial charge in [0.1, 0.15) is 0 Å². The molecule has 1 aromatic rings. The number of nitrogens with zero attached hydrogens (tertiary/aromatic N) is 2. The van der Waals surface area contributed by atoms with E-state index in [-0.39, 0.29) is 6.04 Å². The summed E-state index contributed by atoms with van der Waals surface area (Å²) in [5.41, 5.74) is 1.19. The predicted octanol–water partition coefficient (Wildman–Crippen LogP) is 2.93. The molecule has 1 heterocycles. The van der Waals surface area contributed by atoms with Crippen molar-refractivity contribution < 1.29 is 9.47 Å². The SMILES string of the molecule is CCNC(CCOCCOC)c1c(Br)cnn1C(C)C. The molecule has 6 heteroatoms. The van der Waals surface area contributed by atoms with Crippen LogP contribution in [0.5, 0.6) is 0 Å². The zero-order valence-electron chi connectivity index (χ0n) is 12.9. The zero-order chi connectivity index (χ0) is 15.0. The molecule has 0 spiro atoms. The summed E-state index contributed by atoms with van der Waals surface area (Å²) >= 11 is 3.61. The normalized spacial score (nSPS) is 13.1. The van der Waals surface area contributed by atoms with Crippen molar-refractivity contribution in [1.82, 2.24) is 15.1 Å². The summed E-state index contributed by atoms with van der Waals surface area (Å²) in [4.78, 5) is 0. The Bertz CT molecular complexity index is 382. The average molecular weight is 348 g/mol. The van der Waals surface area contributed by atoms with E-state index in [1.807, 2.05) is 6.20 Å². The van der Waals surface area contributed by atoms with Crippen molar-refractivity contribution in [3.8, 4) is 0 Å². The Kier molecular flexibility index (Phi) is 8.37. The first kappa shape index (κ1) is 17.6. The third-order valence-electron chi connectivity index (χ3n) is 3.04. The number of hydrogen-bond acceptors (Lipinski definition) is 4. The third kappa shape index (κ3) is 5.16. The van der Waals surface area contributed by atoms with Gasteiger partial charge < -0.3 is 14.8 Å². The molecule has 0 amide bonds. The van der Waals surface area contributed by atoms with E-state index in [9.17, 15) is 0 Å². The molecule has 1 atom stereocenters. The van der Waals surface area contributed by atoms with Gasteiger partial charge in [0, 0.05) is 19.8 Å². The topological polar surface area (TPSA) is 48.3 Å². The van der Waals surface area contributed by atoms with Crippen LogP contribution in [0, 0.1) is 0 Å². The number of rotatable bonds is 10. The lowest BCUT2D eigenvalue weighted by molar-refractivity contribution is 0.0654. The van der Waals surface area contributed by atoms with Crippen LogP contribution in [0.25, 0.3) is 0 Å². The van der Waals surface area contributed by atoms with Crippen molar-refractivity contribution in [3.05, 3.63) is 16.4 Å². The van der Waals surface area contributed by atoms with E-state index < -0.39 is 0 Å². The van der Waals surface area contributed by atoms with Crippen LogP contribution in [0.2, 0.25) is 0 Å². The highest BCUT2D eigenvalue weighted by Gasteiger charge is 2.20. The smallest absolute Gasteiger partial charge is 0.0700 e. The number of methoxy groups -OCH3 is 1. The number of aromatic nitrogens is 2. The molecule has 0 aliphatic carbocycles. The van der Waals surface area contributed by atoms with Crippen molar-refractivity contribution in [2.24, 2.45) is 0 Å². The molecule has 0 fully saturated rings. The first-order valence-corrected chi connectivity index (χ1v) is 7.94. The molecule has 1 rings (SSSR count). The molecule has 0 aliphatic rings. The minimum Gasteiger partial charge on any atom is -0.382 e. The lowest BCUT2D eigenvalue weighted by Gasteiger charge is -2.22. The van der Waals surface area contributed by atoms with E-state index in [1.165, 1.54) is 5.69 Å². The van der Waals surface area contributed by atoms with Crippen LogP contribution < -0.4 is 5.32 Å². The van der Waals surface area contributed by atoms with Gasteiger partial charge in [-0.05, 0) is 42.7 Å². The summed E-state index contributed by atoms with van der Waals surface area (Å²) in [5, 5.41) is 7.95. The molecule has 1 unspecified atom stereocenters. The second-order valence-electron chi connectivity index (χ2n) is 4.92. The summed E-state index contributed by atoms with van der Waals surface area (Å²) in [5.74, 6) is 0. The molecule has 1 N–H and O–H groups in total. The molecule has 1 aromatic heterocycles. The summed E-state index contributed by atoms with van der Waals surface area (Å²) < 4.78 is 13.7. The summed E-state index contributed by atoms with van der Waals surface area (Å²) in [6, 6.07) is 0.577. The molecule has 0 aliphatic heterocycles. The van der Waals surface area contributed by atoms with Crippen LogP contribution >= 0.6 is 15.9 Å².